The molecule has 0 aliphatic carbocycles. The Labute approximate surface area is 121 Å². The molecule has 21 heavy (non-hydrogen) atoms. The third-order valence-electron chi connectivity index (χ3n) is 3.33. The molecule has 0 aliphatic heterocycles. The van der Waals surface area contributed by atoms with Gasteiger partial charge >= 0.3 is 6.18 Å². The van der Waals surface area contributed by atoms with Crippen molar-refractivity contribution in [1.29, 1.82) is 0 Å². The number of anilines is 1. The van der Waals surface area contributed by atoms with Gasteiger partial charge in [-0.2, -0.15) is 13.2 Å². The highest BCUT2D eigenvalue weighted by atomic mass is 19.4. The number of phenolic OH excluding ortho intramolecular Hbond substituents is 1. The highest BCUT2D eigenvalue weighted by molar-refractivity contribution is 5.54. The summed E-state index contributed by atoms with van der Waals surface area (Å²) in [5, 5.41) is 12.3. The maximum Gasteiger partial charge on any atom is 0.416 e. The van der Waals surface area contributed by atoms with Crippen LogP contribution >= 0.6 is 0 Å². The minimum atomic E-state index is -4.36. The summed E-state index contributed by atoms with van der Waals surface area (Å²) < 4.78 is 38.2. The molecule has 0 radical (unpaired) electrons. The van der Waals surface area contributed by atoms with Crippen LogP contribution in [0.1, 0.15) is 29.7 Å². The molecule has 1 unspecified atom stereocenters. The number of aryl methyl sites for hydroxylation is 1. The molecule has 2 nitrogen and oxygen atoms in total. The lowest BCUT2D eigenvalue weighted by molar-refractivity contribution is -0.137. The third kappa shape index (κ3) is 3.68. The number of phenols is 1. The van der Waals surface area contributed by atoms with Gasteiger partial charge in [0, 0.05) is 11.7 Å². The monoisotopic (exact) mass is 295 g/mol. The third-order valence-corrected chi connectivity index (χ3v) is 3.33. The minimum Gasteiger partial charge on any atom is -0.508 e. The van der Waals surface area contributed by atoms with Crippen molar-refractivity contribution in [3.05, 3.63) is 59.2 Å². The van der Waals surface area contributed by atoms with Gasteiger partial charge in [0.25, 0.3) is 0 Å². The maximum absolute atomic E-state index is 12.7. The van der Waals surface area contributed by atoms with E-state index in [0.717, 1.165) is 23.3 Å². The second-order valence-corrected chi connectivity index (χ2v) is 4.99. The number of rotatable bonds is 3. The first-order valence-corrected chi connectivity index (χ1v) is 6.50. The predicted octanol–water partition coefficient (Wildman–Crippen LogP) is 4.89. The summed E-state index contributed by atoms with van der Waals surface area (Å²) in [5.41, 5.74) is 1.40. The second kappa shape index (κ2) is 5.68. The van der Waals surface area contributed by atoms with E-state index < -0.39 is 11.7 Å². The zero-order valence-electron chi connectivity index (χ0n) is 11.7. The predicted molar refractivity (Wildman–Crippen MR) is 76.3 cm³/mol. The van der Waals surface area contributed by atoms with Gasteiger partial charge in [0.1, 0.15) is 5.75 Å². The van der Waals surface area contributed by atoms with Crippen molar-refractivity contribution in [3.63, 3.8) is 0 Å². The van der Waals surface area contributed by atoms with Gasteiger partial charge in [-0.1, -0.05) is 18.2 Å². The van der Waals surface area contributed by atoms with E-state index in [2.05, 4.69) is 5.32 Å². The van der Waals surface area contributed by atoms with Gasteiger partial charge in [0.15, 0.2) is 0 Å². The van der Waals surface area contributed by atoms with Crippen LogP contribution in [0.25, 0.3) is 0 Å². The maximum atomic E-state index is 12.7. The van der Waals surface area contributed by atoms with Crippen LogP contribution in [0.4, 0.5) is 18.9 Å². The molecule has 0 aliphatic rings. The Morgan fingerprint density at radius 1 is 1.05 bits per heavy atom. The zero-order valence-corrected chi connectivity index (χ0v) is 11.7. The van der Waals surface area contributed by atoms with Crippen molar-refractivity contribution in [2.24, 2.45) is 0 Å². The fraction of sp³-hybridized carbons (Fsp3) is 0.250. The molecule has 2 rings (SSSR count). The average molecular weight is 295 g/mol. The molecule has 0 amide bonds. The first-order chi connectivity index (χ1) is 9.77. The van der Waals surface area contributed by atoms with Gasteiger partial charge in [0.2, 0.25) is 0 Å². The first kappa shape index (κ1) is 15.2. The quantitative estimate of drug-likeness (QED) is 0.844. The summed E-state index contributed by atoms with van der Waals surface area (Å²) in [7, 11) is 0. The molecule has 5 heteroatoms. The summed E-state index contributed by atoms with van der Waals surface area (Å²) in [6, 6.07) is 10.0. The molecule has 0 saturated carbocycles. The summed E-state index contributed by atoms with van der Waals surface area (Å²) in [5.74, 6) is 0.154. The van der Waals surface area contributed by atoms with Gasteiger partial charge in [-0.3, -0.25) is 0 Å². The molecule has 2 N–H and O–H groups in total. The van der Waals surface area contributed by atoms with E-state index in [1.165, 1.54) is 6.07 Å². The van der Waals surface area contributed by atoms with Crippen molar-refractivity contribution in [3.8, 4) is 5.75 Å². The summed E-state index contributed by atoms with van der Waals surface area (Å²) in [6.07, 6.45) is -4.36. The number of halogens is 3. The Morgan fingerprint density at radius 2 is 1.67 bits per heavy atom. The molecule has 2 aromatic rings. The molecular weight excluding hydrogens is 279 g/mol. The smallest absolute Gasteiger partial charge is 0.416 e. The Morgan fingerprint density at radius 3 is 2.24 bits per heavy atom. The zero-order chi connectivity index (χ0) is 15.6. The van der Waals surface area contributed by atoms with Crippen LogP contribution in [-0.4, -0.2) is 5.11 Å². The molecule has 0 fully saturated rings. The van der Waals surface area contributed by atoms with Crippen LogP contribution in [0.2, 0.25) is 0 Å². The Bertz CT molecular complexity index is 620. The van der Waals surface area contributed by atoms with Crippen LogP contribution < -0.4 is 5.32 Å². The topological polar surface area (TPSA) is 32.3 Å². The lowest BCUT2D eigenvalue weighted by Crippen LogP contribution is -2.10. The highest BCUT2D eigenvalue weighted by Gasteiger charge is 2.30. The molecule has 2 aromatic carbocycles. The van der Waals surface area contributed by atoms with E-state index in [1.54, 1.807) is 31.2 Å². The number of alkyl halides is 3. The van der Waals surface area contributed by atoms with Gasteiger partial charge < -0.3 is 10.4 Å². The molecular formula is C16H16F3NO. The molecule has 0 aromatic heterocycles. The van der Waals surface area contributed by atoms with Crippen molar-refractivity contribution in [2.75, 3.05) is 5.32 Å². The van der Waals surface area contributed by atoms with Crippen LogP contribution in [-0.2, 0) is 6.18 Å². The van der Waals surface area contributed by atoms with E-state index in [1.807, 2.05) is 6.92 Å². The minimum absolute atomic E-state index is 0.154. The second-order valence-electron chi connectivity index (χ2n) is 4.99. The Balaban J connectivity index is 2.24. The van der Waals surface area contributed by atoms with E-state index >= 15 is 0 Å². The number of benzene rings is 2. The normalized spacial score (nSPS) is 13.0. The van der Waals surface area contributed by atoms with E-state index in [9.17, 15) is 18.3 Å². The number of nitrogens with one attached hydrogen (secondary N) is 1. The summed E-state index contributed by atoms with van der Waals surface area (Å²) in [6.45, 7) is 3.61. The van der Waals surface area contributed by atoms with Crippen molar-refractivity contribution in [2.45, 2.75) is 26.1 Å². The summed E-state index contributed by atoms with van der Waals surface area (Å²) in [4.78, 5) is 0. The average Bonchev–Trinajstić information content (AvgIpc) is 2.40. The number of aromatic hydroxyl groups is 1. The fourth-order valence-electron chi connectivity index (χ4n) is 2.03. The van der Waals surface area contributed by atoms with Crippen molar-refractivity contribution < 1.29 is 18.3 Å². The molecule has 112 valence electrons. The van der Waals surface area contributed by atoms with Crippen LogP contribution in [0.5, 0.6) is 5.75 Å². The van der Waals surface area contributed by atoms with E-state index in [4.69, 9.17) is 0 Å². The van der Waals surface area contributed by atoms with E-state index in [-0.39, 0.29) is 11.8 Å². The number of hydrogen-bond acceptors (Lipinski definition) is 2. The summed E-state index contributed by atoms with van der Waals surface area (Å²) >= 11 is 0. The lowest BCUT2D eigenvalue weighted by Gasteiger charge is -2.19. The first-order valence-electron chi connectivity index (χ1n) is 6.50. The Hall–Kier alpha value is -2.17. The van der Waals surface area contributed by atoms with Gasteiger partial charge in [0.05, 0.1) is 5.56 Å². The van der Waals surface area contributed by atoms with Gasteiger partial charge in [-0.15, -0.1) is 0 Å². The van der Waals surface area contributed by atoms with Crippen LogP contribution in [0.3, 0.4) is 0 Å². The van der Waals surface area contributed by atoms with Crippen molar-refractivity contribution in [1.82, 2.24) is 0 Å². The number of hydrogen-bond donors (Lipinski definition) is 2. The largest absolute Gasteiger partial charge is 0.508 e. The van der Waals surface area contributed by atoms with Crippen LogP contribution in [0, 0.1) is 6.92 Å². The lowest BCUT2D eigenvalue weighted by atomic mass is 10.1. The molecule has 0 heterocycles. The van der Waals surface area contributed by atoms with E-state index in [0.29, 0.717) is 5.69 Å². The standard InChI is InChI=1S/C16H16F3NO/c1-10-3-6-13(16(17,18)19)9-15(10)20-11(2)12-4-7-14(21)8-5-12/h3-9,11,20-21H,1-2H3. The molecule has 0 saturated heterocycles. The fourth-order valence-corrected chi connectivity index (χ4v) is 2.03. The van der Waals surface area contributed by atoms with Crippen molar-refractivity contribution >= 4 is 5.69 Å². The van der Waals surface area contributed by atoms with Gasteiger partial charge in [-0.25, -0.2) is 0 Å². The van der Waals surface area contributed by atoms with Gasteiger partial charge in [-0.05, 0) is 49.2 Å². The molecule has 1 atom stereocenters. The highest BCUT2D eigenvalue weighted by Crippen LogP contribution is 2.33. The Kier molecular flexibility index (Phi) is 4.11. The molecule has 0 bridgehead atoms. The molecule has 0 spiro atoms. The SMILES string of the molecule is Cc1ccc(C(F)(F)F)cc1NC(C)c1ccc(O)cc1. The van der Waals surface area contributed by atoms with Crippen LogP contribution in [0.15, 0.2) is 42.5 Å².